The van der Waals surface area contributed by atoms with E-state index in [0.29, 0.717) is 36.8 Å². The third kappa shape index (κ3) is 5.63. The molecule has 2 aromatic rings. The molecule has 1 aliphatic heterocycles. The molecule has 0 unspecified atom stereocenters. The van der Waals surface area contributed by atoms with Gasteiger partial charge in [-0.3, -0.25) is 9.69 Å². The Bertz CT molecular complexity index is 796. The number of benzene rings is 2. The molecule has 2 aromatic carbocycles. The van der Waals surface area contributed by atoms with Crippen LogP contribution in [0.1, 0.15) is 62.1 Å². The summed E-state index contributed by atoms with van der Waals surface area (Å²) in [6.07, 6.45) is 0. The molecule has 3 rings (SSSR count). The van der Waals surface area contributed by atoms with Gasteiger partial charge < -0.3 is 11.1 Å². The quantitative estimate of drug-likeness (QED) is 0.653. The van der Waals surface area contributed by atoms with Crippen LogP contribution in [0.3, 0.4) is 0 Å². The molecule has 3 N–H and O–H groups in total. The van der Waals surface area contributed by atoms with Crippen molar-refractivity contribution in [2.75, 3.05) is 31.5 Å². The highest BCUT2D eigenvalue weighted by atomic mass is 35.5. The Morgan fingerprint density at radius 3 is 2.13 bits per heavy atom. The van der Waals surface area contributed by atoms with E-state index in [4.69, 9.17) is 5.73 Å². The zero-order valence-corrected chi connectivity index (χ0v) is 19.4. The van der Waals surface area contributed by atoms with Crippen molar-refractivity contribution >= 4 is 24.0 Å². The van der Waals surface area contributed by atoms with Gasteiger partial charge in [-0.1, -0.05) is 76.2 Å². The highest BCUT2D eigenvalue weighted by Crippen LogP contribution is 2.34. The number of hydrogen-bond donors (Lipinski definition) is 2. The van der Waals surface area contributed by atoms with E-state index in [2.05, 4.69) is 80.4 Å². The lowest BCUT2D eigenvalue weighted by molar-refractivity contribution is -0.117. The average molecular weight is 430 g/mol. The molecule has 0 saturated carbocycles. The summed E-state index contributed by atoms with van der Waals surface area (Å²) < 4.78 is 0. The first-order valence-electron chi connectivity index (χ1n) is 10.8. The summed E-state index contributed by atoms with van der Waals surface area (Å²) in [7, 11) is 0. The minimum atomic E-state index is 0. The predicted molar refractivity (Wildman–Crippen MR) is 129 cm³/mol. The second kappa shape index (κ2) is 10.9. The Morgan fingerprint density at radius 2 is 1.60 bits per heavy atom. The van der Waals surface area contributed by atoms with Crippen LogP contribution in [0, 0.1) is 5.92 Å². The molecular weight excluding hydrogens is 394 g/mol. The molecule has 1 saturated heterocycles. The minimum Gasteiger partial charge on any atom is -0.330 e. The number of anilines is 1. The lowest BCUT2D eigenvalue weighted by Crippen LogP contribution is -2.33. The van der Waals surface area contributed by atoms with Gasteiger partial charge in [0, 0.05) is 24.7 Å². The van der Waals surface area contributed by atoms with Crippen molar-refractivity contribution in [2.24, 2.45) is 11.7 Å². The van der Waals surface area contributed by atoms with Crippen LogP contribution in [0.25, 0.3) is 0 Å². The van der Waals surface area contributed by atoms with Crippen LogP contribution < -0.4 is 11.1 Å². The molecule has 4 nitrogen and oxygen atoms in total. The molecule has 0 spiro atoms. The molecule has 5 heteroatoms. The molecule has 30 heavy (non-hydrogen) atoms. The zero-order chi connectivity index (χ0) is 21.0. The predicted octanol–water partition coefficient (Wildman–Crippen LogP) is 4.97. The lowest BCUT2D eigenvalue weighted by atomic mass is 9.89. The Morgan fingerprint density at radius 1 is 1.00 bits per heavy atom. The van der Waals surface area contributed by atoms with Crippen molar-refractivity contribution in [1.29, 1.82) is 0 Å². The van der Waals surface area contributed by atoms with Crippen molar-refractivity contribution < 1.29 is 4.79 Å². The monoisotopic (exact) mass is 429 g/mol. The summed E-state index contributed by atoms with van der Waals surface area (Å²) in [5, 5.41) is 3.24. The van der Waals surface area contributed by atoms with Crippen LogP contribution in [0.4, 0.5) is 5.69 Å². The van der Waals surface area contributed by atoms with Gasteiger partial charge in [-0.15, -0.1) is 12.4 Å². The number of carbonyl (C=O) groups is 1. The normalized spacial score (nSPS) is 19.2. The van der Waals surface area contributed by atoms with Crippen LogP contribution in [0.2, 0.25) is 0 Å². The second-order valence-corrected chi connectivity index (χ2v) is 8.88. The van der Waals surface area contributed by atoms with Gasteiger partial charge in [-0.25, -0.2) is 0 Å². The van der Waals surface area contributed by atoms with Crippen LogP contribution in [-0.2, 0) is 4.79 Å². The van der Waals surface area contributed by atoms with E-state index in [0.717, 1.165) is 18.8 Å². The fourth-order valence-electron chi connectivity index (χ4n) is 4.48. The second-order valence-electron chi connectivity index (χ2n) is 8.88. The molecule has 1 amide bonds. The van der Waals surface area contributed by atoms with Crippen LogP contribution in [0.15, 0.2) is 48.5 Å². The van der Waals surface area contributed by atoms with Crippen molar-refractivity contribution in [3.05, 3.63) is 65.2 Å². The number of nitrogens with two attached hydrogens (primary N) is 1. The SMILES string of the molecule is CC(C)c1cccc(C(C)C)c1NC(=O)CN1C[C@@H](CN)[C@H](c2ccccc2)C1.Cl. The van der Waals surface area contributed by atoms with Crippen molar-refractivity contribution in [3.8, 4) is 0 Å². The molecule has 164 valence electrons. The van der Waals surface area contributed by atoms with Gasteiger partial charge in [0.2, 0.25) is 5.91 Å². The van der Waals surface area contributed by atoms with Crippen molar-refractivity contribution in [3.63, 3.8) is 0 Å². The highest BCUT2D eigenvalue weighted by molar-refractivity contribution is 5.94. The first-order chi connectivity index (χ1) is 13.9. The van der Waals surface area contributed by atoms with Crippen molar-refractivity contribution in [2.45, 2.75) is 45.4 Å². The van der Waals surface area contributed by atoms with E-state index in [-0.39, 0.29) is 18.3 Å². The fraction of sp³-hybridized carbons (Fsp3) is 0.480. The molecule has 0 radical (unpaired) electrons. The number of nitrogens with zero attached hydrogens (tertiary/aromatic N) is 1. The Labute approximate surface area is 187 Å². The molecule has 0 bridgehead atoms. The minimum absolute atomic E-state index is 0. The summed E-state index contributed by atoms with van der Waals surface area (Å²) in [6, 6.07) is 16.9. The van der Waals surface area contributed by atoms with Gasteiger partial charge >= 0.3 is 0 Å². The maximum atomic E-state index is 13.0. The van der Waals surface area contributed by atoms with Gasteiger partial charge in [0.25, 0.3) is 0 Å². The van der Waals surface area contributed by atoms with Gasteiger partial charge in [0.15, 0.2) is 0 Å². The van der Waals surface area contributed by atoms with Crippen LogP contribution in [-0.4, -0.2) is 37.0 Å². The average Bonchev–Trinajstić information content (AvgIpc) is 3.11. The third-order valence-electron chi connectivity index (χ3n) is 6.05. The summed E-state index contributed by atoms with van der Waals surface area (Å²) >= 11 is 0. The molecule has 1 fully saturated rings. The number of rotatable bonds is 7. The van der Waals surface area contributed by atoms with E-state index >= 15 is 0 Å². The third-order valence-corrected chi connectivity index (χ3v) is 6.05. The molecule has 0 aliphatic carbocycles. The van der Waals surface area contributed by atoms with E-state index in [1.54, 1.807) is 0 Å². The number of hydrogen-bond acceptors (Lipinski definition) is 3. The molecule has 0 aromatic heterocycles. The first-order valence-corrected chi connectivity index (χ1v) is 10.8. The van der Waals surface area contributed by atoms with E-state index in [1.165, 1.54) is 16.7 Å². The summed E-state index contributed by atoms with van der Waals surface area (Å²) in [4.78, 5) is 15.2. The Hall–Kier alpha value is -1.88. The summed E-state index contributed by atoms with van der Waals surface area (Å²) in [6.45, 7) is 11.5. The maximum absolute atomic E-state index is 13.0. The molecular formula is C25H36ClN3O. The summed E-state index contributed by atoms with van der Waals surface area (Å²) in [5.41, 5.74) is 10.8. The van der Waals surface area contributed by atoms with Gasteiger partial charge in [0.05, 0.1) is 6.54 Å². The number of amides is 1. The lowest BCUT2D eigenvalue weighted by Gasteiger charge is -2.22. The molecule has 1 heterocycles. The first kappa shape index (κ1) is 24.4. The number of para-hydroxylation sites is 1. The van der Waals surface area contributed by atoms with Crippen molar-refractivity contribution in [1.82, 2.24) is 4.90 Å². The van der Waals surface area contributed by atoms with Crippen LogP contribution >= 0.6 is 12.4 Å². The van der Waals surface area contributed by atoms with E-state index < -0.39 is 0 Å². The number of nitrogens with one attached hydrogen (secondary N) is 1. The zero-order valence-electron chi connectivity index (χ0n) is 18.6. The smallest absolute Gasteiger partial charge is 0.238 e. The summed E-state index contributed by atoms with van der Waals surface area (Å²) in [5.74, 6) is 1.56. The number of carbonyl (C=O) groups excluding carboxylic acids is 1. The Kier molecular flexibility index (Phi) is 8.90. The molecule has 1 aliphatic rings. The molecule has 2 atom stereocenters. The van der Waals surface area contributed by atoms with E-state index in [1.807, 2.05) is 6.07 Å². The fourth-order valence-corrected chi connectivity index (χ4v) is 4.48. The number of halogens is 1. The van der Waals surface area contributed by atoms with E-state index in [9.17, 15) is 4.79 Å². The maximum Gasteiger partial charge on any atom is 0.238 e. The number of likely N-dealkylation sites (tertiary alicyclic amines) is 1. The van der Waals surface area contributed by atoms with Gasteiger partial charge in [-0.2, -0.15) is 0 Å². The van der Waals surface area contributed by atoms with Gasteiger partial charge in [0.1, 0.15) is 0 Å². The topological polar surface area (TPSA) is 58.4 Å². The Balaban J connectivity index is 0.00000320. The standard InChI is InChI=1S/C25H35N3O.ClH/c1-17(2)21-11-8-12-22(18(3)4)25(21)27-24(29)16-28-14-20(13-26)23(15-28)19-9-6-5-7-10-19;/h5-12,17-18,20,23H,13-16,26H2,1-4H3,(H,27,29);1H/t20-,23+;/m1./s1. The van der Waals surface area contributed by atoms with Gasteiger partial charge in [-0.05, 0) is 41.0 Å². The largest absolute Gasteiger partial charge is 0.330 e. The highest BCUT2D eigenvalue weighted by Gasteiger charge is 2.33. The van der Waals surface area contributed by atoms with Crippen LogP contribution in [0.5, 0.6) is 0 Å².